The summed E-state index contributed by atoms with van der Waals surface area (Å²) in [5.41, 5.74) is 17.3. The van der Waals surface area contributed by atoms with Gasteiger partial charge in [0.2, 0.25) is 23.8 Å². The largest absolute Gasteiger partial charge is 0.508 e. The molecule has 1 aliphatic rings. The van der Waals surface area contributed by atoms with E-state index in [0.717, 1.165) is 0 Å². The van der Waals surface area contributed by atoms with E-state index < -0.39 is 102 Å². The van der Waals surface area contributed by atoms with Gasteiger partial charge in [0.05, 0.1) is 12.1 Å². The normalized spacial score (nSPS) is 15.7. The van der Waals surface area contributed by atoms with Crippen LogP contribution in [0.3, 0.4) is 0 Å². The lowest BCUT2D eigenvalue weighted by Gasteiger charge is -2.31. The molecule has 22 nitrogen and oxygen atoms in total. The Morgan fingerprint density at radius 2 is 1.24 bits per heavy atom. The lowest BCUT2D eigenvalue weighted by molar-refractivity contribution is -0.193. The number of alkyl halides is 9. The summed E-state index contributed by atoms with van der Waals surface area (Å²) >= 11 is 0. The topological polar surface area (TPSA) is 385 Å². The third-order valence-corrected chi connectivity index (χ3v) is 8.10. The molecule has 0 saturated carbocycles. The Balaban J connectivity index is 0. The van der Waals surface area contributed by atoms with Gasteiger partial charge in [-0.25, -0.2) is 24.0 Å². The first kappa shape index (κ1) is 62.4. The summed E-state index contributed by atoms with van der Waals surface area (Å²) in [4.78, 5) is 96.7. The van der Waals surface area contributed by atoms with Gasteiger partial charge in [-0.15, -0.1) is 0 Å². The minimum atomic E-state index is -5.08. The number of nitrogens with zero attached hydrogens (tertiary/aromatic N) is 2. The van der Waals surface area contributed by atoms with E-state index in [1.54, 1.807) is 12.1 Å². The molecule has 3 amide bonds. The summed E-state index contributed by atoms with van der Waals surface area (Å²) in [6.45, 7) is 5.29. The fourth-order valence-corrected chi connectivity index (χ4v) is 5.01. The number of rotatable bonds is 17. The lowest BCUT2D eigenvalue weighted by Crippen LogP contribution is -2.58. The maximum atomic E-state index is 13.8. The van der Waals surface area contributed by atoms with Crippen LogP contribution in [0.1, 0.15) is 58.4 Å². The number of aliphatic imine (C=N–C) groups is 1. The number of nitrogens with one attached hydrogen (secondary N) is 2. The number of carbonyl (C=O) groups excluding carboxylic acids is 4. The van der Waals surface area contributed by atoms with Gasteiger partial charge in [0, 0.05) is 19.5 Å². The highest BCUT2D eigenvalue weighted by Crippen LogP contribution is 2.23. The summed E-state index contributed by atoms with van der Waals surface area (Å²) in [5, 5.41) is 55.5. The van der Waals surface area contributed by atoms with Gasteiger partial charge in [0.15, 0.2) is 5.96 Å². The van der Waals surface area contributed by atoms with Crippen LogP contribution in [-0.2, 0) is 49.5 Å². The van der Waals surface area contributed by atoms with Crippen molar-refractivity contribution in [3.8, 4) is 5.75 Å². The van der Waals surface area contributed by atoms with Crippen molar-refractivity contribution >= 4 is 53.5 Å². The molecular formula is C36H50F9N7O15. The standard InChI is InChI=1S/C30H47N7O9.3C2HF3O2/c1-16(2)14-22(27(42)37-13-5-7-23(37)29(45)46-24(17(3)38)28(43)44)36-26(41)21(15-18-8-10-19(39)11-9-18)35-25(40)20(31)6-4-12-34-30(32)33;3*3-2(4,5)1(6)7/h8-11,16-17,20-24,38-39H,4-7,12-15,31H2,1-3H3,(H,35,40)(H,36,41)(H,43,44)(H4,32,33,34);3*(H,6,7)/t17-,20+,21+,22+,23+,24+;;;/m1.../s1. The molecule has 1 aromatic carbocycles. The van der Waals surface area contributed by atoms with Crippen LogP contribution in [0.5, 0.6) is 5.75 Å². The number of amides is 3. The predicted molar refractivity (Wildman–Crippen MR) is 208 cm³/mol. The van der Waals surface area contributed by atoms with E-state index in [2.05, 4.69) is 15.6 Å². The van der Waals surface area contributed by atoms with Gasteiger partial charge < -0.3 is 68.1 Å². The van der Waals surface area contributed by atoms with Gasteiger partial charge in [0.25, 0.3) is 0 Å². The first-order chi connectivity index (χ1) is 30.4. The summed E-state index contributed by atoms with van der Waals surface area (Å²) < 4.78 is 100. The van der Waals surface area contributed by atoms with Crippen LogP contribution in [0.15, 0.2) is 29.3 Å². The number of hydrogen-bond acceptors (Lipinski definition) is 13. The van der Waals surface area contributed by atoms with Gasteiger partial charge in [-0.05, 0) is 62.6 Å². The van der Waals surface area contributed by atoms with Gasteiger partial charge >= 0.3 is 48.4 Å². The van der Waals surface area contributed by atoms with Crippen molar-refractivity contribution in [3.05, 3.63) is 29.8 Å². The molecule has 0 spiro atoms. The van der Waals surface area contributed by atoms with Crippen molar-refractivity contribution in [1.82, 2.24) is 15.5 Å². The summed E-state index contributed by atoms with van der Waals surface area (Å²) in [7, 11) is 0. The van der Waals surface area contributed by atoms with Crippen LogP contribution in [0.4, 0.5) is 39.5 Å². The van der Waals surface area contributed by atoms with Gasteiger partial charge in [-0.3, -0.25) is 19.4 Å². The van der Waals surface area contributed by atoms with E-state index in [9.17, 15) is 78.8 Å². The van der Waals surface area contributed by atoms with Crippen LogP contribution in [0.25, 0.3) is 0 Å². The van der Waals surface area contributed by atoms with Crippen LogP contribution >= 0.6 is 0 Å². The number of hydrogen-bond donors (Lipinski definition) is 11. The molecule has 14 N–H and O–H groups in total. The van der Waals surface area contributed by atoms with Gasteiger partial charge in [0.1, 0.15) is 23.9 Å². The number of benzene rings is 1. The molecule has 1 aliphatic heterocycles. The fourth-order valence-electron chi connectivity index (χ4n) is 5.01. The average molecular weight is 992 g/mol. The van der Waals surface area contributed by atoms with E-state index in [0.29, 0.717) is 18.4 Å². The van der Waals surface area contributed by atoms with Crippen LogP contribution in [-0.4, -0.2) is 157 Å². The number of halogens is 9. The predicted octanol–water partition coefficient (Wildman–Crippen LogP) is 0.599. The Morgan fingerprint density at radius 1 is 0.791 bits per heavy atom. The number of likely N-dealkylation sites (tertiary alicyclic amines) is 1. The molecule has 0 aromatic heterocycles. The summed E-state index contributed by atoms with van der Waals surface area (Å²) in [5.74, 6) is -12.8. The Hall–Kier alpha value is -6.66. The molecule has 31 heteroatoms. The number of guanidine groups is 1. The van der Waals surface area contributed by atoms with Gasteiger partial charge in [-0.1, -0.05) is 26.0 Å². The second-order valence-electron chi connectivity index (χ2n) is 14.2. The first-order valence-electron chi connectivity index (χ1n) is 19.0. The summed E-state index contributed by atoms with van der Waals surface area (Å²) in [6, 6.07) is 1.70. The second-order valence-corrected chi connectivity index (χ2v) is 14.2. The molecule has 1 saturated heterocycles. The zero-order valence-corrected chi connectivity index (χ0v) is 35.4. The molecule has 0 radical (unpaired) electrons. The molecule has 67 heavy (non-hydrogen) atoms. The Labute approximate surface area is 373 Å². The Bertz CT molecular complexity index is 1790. The van der Waals surface area contributed by atoms with Gasteiger partial charge in [-0.2, -0.15) is 39.5 Å². The van der Waals surface area contributed by atoms with Crippen molar-refractivity contribution in [2.45, 2.75) is 114 Å². The number of aliphatic hydroxyl groups is 1. The highest BCUT2D eigenvalue weighted by molar-refractivity contribution is 5.95. The van der Waals surface area contributed by atoms with E-state index in [-0.39, 0.29) is 56.4 Å². The fraction of sp³-hybridized carbons (Fsp3) is 0.583. The minimum absolute atomic E-state index is 0.00967. The van der Waals surface area contributed by atoms with Crippen LogP contribution < -0.4 is 27.8 Å². The zero-order chi connectivity index (χ0) is 52.8. The minimum Gasteiger partial charge on any atom is -0.508 e. The second kappa shape index (κ2) is 28.4. The first-order valence-corrected chi connectivity index (χ1v) is 19.0. The quantitative estimate of drug-likeness (QED) is 0.0335. The molecule has 382 valence electrons. The van der Waals surface area contributed by atoms with Crippen molar-refractivity contribution in [2.75, 3.05) is 13.1 Å². The highest BCUT2D eigenvalue weighted by Gasteiger charge is 2.42. The lowest BCUT2D eigenvalue weighted by atomic mass is 10.00. The molecule has 6 atom stereocenters. The van der Waals surface area contributed by atoms with Crippen LogP contribution in [0, 0.1) is 5.92 Å². The Morgan fingerprint density at radius 3 is 1.63 bits per heavy atom. The van der Waals surface area contributed by atoms with Crippen molar-refractivity contribution in [1.29, 1.82) is 0 Å². The number of aliphatic carboxylic acids is 4. The number of carbonyl (C=O) groups is 8. The van der Waals surface area contributed by atoms with E-state index in [1.165, 1.54) is 24.0 Å². The molecule has 1 heterocycles. The molecule has 0 aliphatic carbocycles. The number of phenols is 1. The van der Waals surface area contributed by atoms with Crippen molar-refractivity contribution in [3.63, 3.8) is 0 Å². The zero-order valence-electron chi connectivity index (χ0n) is 35.4. The Kier molecular flexibility index (Phi) is 26.5. The smallest absolute Gasteiger partial charge is 0.490 e. The average Bonchev–Trinajstić information content (AvgIpc) is 3.68. The monoisotopic (exact) mass is 991 g/mol. The molecular weight excluding hydrogens is 941 g/mol. The van der Waals surface area contributed by atoms with E-state index >= 15 is 0 Å². The van der Waals surface area contributed by atoms with Crippen molar-refractivity contribution in [2.24, 2.45) is 28.1 Å². The summed E-state index contributed by atoms with van der Waals surface area (Å²) in [6.07, 6.45) is -17.1. The molecule has 0 unspecified atom stereocenters. The maximum absolute atomic E-state index is 13.8. The van der Waals surface area contributed by atoms with Crippen molar-refractivity contribution < 1.29 is 113 Å². The number of phenolic OH excluding ortho intramolecular Hbond substituents is 1. The number of aromatic hydroxyl groups is 1. The van der Waals surface area contributed by atoms with E-state index in [1.807, 2.05) is 13.8 Å². The third kappa shape index (κ3) is 26.2. The molecule has 2 rings (SSSR count). The highest BCUT2D eigenvalue weighted by atomic mass is 19.4. The number of carboxylic acid groups (broad SMARTS) is 4. The van der Waals surface area contributed by atoms with Crippen LogP contribution in [0.2, 0.25) is 0 Å². The molecule has 1 aromatic rings. The molecule has 0 bridgehead atoms. The third-order valence-electron chi connectivity index (χ3n) is 8.10. The number of carboxylic acids is 4. The SMILES string of the molecule is CC(C)C[C@H](NC(=O)[C@H](Cc1ccc(O)cc1)NC(=O)[C@@H](N)CCCN=C(N)N)C(=O)N1CCC[C@H]1C(=O)O[C@H](C(=O)O)[C@@H](C)O.O=C(O)C(F)(F)F.O=C(O)C(F)(F)F.O=C(O)C(F)(F)F. The molecule has 1 fully saturated rings. The number of esters is 1. The number of aliphatic hydroxyl groups excluding tert-OH is 1. The van der Waals surface area contributed by atoms with E-state index in [4.69, 9.17) is 51.6 Å². The maximum Gasteiger partial charge on any atom is 0.490 e. The number of ether oxygens (including phenoxy) is 1. The number of nitrogens with two attached hydrogens (primary N) is 3.